The van der Waals surface area contributed by atoms with E-state index < -0.39 is 0 Å². The highest BCUT2D eigenvalue weighted by atomic mass is 16.2. The quantitative estimate of drug-likeness (QED) is 0.472. The molecule has 0 bridgehead atoms. The summed E-state index contributed by atoms with van der Waals surface area (Å²) in [5.74, 6) is 1.37. The van der Waals surface area contributed by atoms with Crippen molar-refractivity contribution in [3.63, 3.8) is 0 Å². The third-order valence-electron chi connectivity index (χ3n) is 7.16. The number of carbonyl (C=O) groups is 2. The minimum absolute atomic E-state index is 0.180. The van der Waals surface area contributed by atoms with Crippen LogP contribution in [0, 0.1) is 11.8 Å². The van der Waals surface area contributed by atoms with Crippen molar-refractivity contribution >= 4 is 23.2 Å². The molecule has 2 aliphatic rings. The zero-order chi connectivity index (χ0) is 22.2. The molecule has 0 atom stereocenters. The van der Waals surface area contributed by atoms with E-state index in [1.165, 1.54) is 25.7 Å². The van der Waals surface area contributed by atoms with Gasteiger partial charge in [-0.2, -0.15) is 0 Å². The highest BCUT2D eigenvalue weighted by molar-refractivity contribution is 5.95. The van der Waals surface area contributed by atoms with Gasteiger partial charge in [-0.05, 0) is 61.8 Å². The molecule has 0 unspecified atom stereocenters. The number of anilines is 2. The van der Waals surface area contributed by atoms with Crippen LogP contribution in [0.15, 0.2) is 60.7 Å². The summed E-state index contributed by atoms with van der Waals surface area (Å²) in [6, 6.07) is 19.9. The molecule has 0 aromatic heterocycles. The summed E-state index contributed by atoms with van der Waals surface area (Å²) in [5, 5.41) is 0. The Bertz CT molecular complexity index is 782. The standard InChI is InChI=1S/C28H36N2O2/c31-27(21-23-11-7-8-12-23)29(25-15-3-1-4-16-25)19-20-30(26-17-5-2-6-18-26)28(32)22-24-13-9-10-14-24/h1-6,15-18,23-24H,7-14,19-22H2. The SMILES string of the molecule is O=C(CC1CCCC1)N(CCN(C(=O)CC1CCCC1)c1ccccc1)c1ccccc1. The maximum Gasteiger partial charge on any atom is 0.227 e. The second-order valence-electron chi connectivity index (χ2n) is 9.47. The number of para-hydroxylation sites is 2. The third kappa shape index (κ3) is 5.99. The average Bonchev–Trinajstić information content (AvgIpc) is 3.52. The minimum Gasteiger partial charge on any atom is -0.311 e. The Balaban J connectivity index is 1.49. The summed E-state index contributed by atoms with van der Waals surface area (Å²) in [6.07, 6.45) is 10.8. The van der Waals surface area contributed by atoms with Crippen LogP contribution in [-0.2, 0) is 9.59 Å². The maximum atomic E-state index is 13.3. The summed E-state index contributed by atoms with van der Waals surface area (Å²) < 4.78 is 0. The van der Waals surface area contributed by atoms with Crippen LogP contribution in [0.4, 0.5) is 11.4 Å². The van der Waals surface area contributed by atoms with Crippen molar-refractivity contribution in [1.29, 1.82) is 0 Å². The summed E-state index contributed by atoms with van der Waals surface area (Å²) >= 11 is 0. The van der Waals surface area contributed by atoms with Crippen molar-refractivity contribution in [2.75, 3.05) is 22.9 Å². The first kappa shape index (κ1) is 22.6. The van der Waals surface area contributed by atoms with Gasteiger partial charge in [-0.25, -0.2) is 0 Å². The molecule has 32 heavy (non-hydrogen) atoms. The monoisotopic (exact) mass is 432 g/mol. The Labute approximate surface area is 192 Å². The number of hydrogen-bond donors (Lipinski definition) is 0. The summed E-state index contributed by atoms with van der Waals surface area (Å²) in [4.78, 5) is 30.4. The molecular weight excluding hydrogens is 396 g/mol. The van der Waals surface area contributed by atoms with Gasteiger partial charge in [0.2, 0.25) is 11.8 Å². The normalized spacial score (nSPS) is 16.9. The number of carbonyl (C=O) groups excluding carboxylic acids is 2. The predicted molar refractivity (Wildman–Crippen MR) is 131 cm³/mol. The Kier molecular flexibility index (Phi) is 7.97. The topological polar surface area (TPSA) is 40.6 Å². The van der Waals surface area contributed by atoms with Gasteiger partial charge in [0.15, 0.2) is 0 Å². The van der Waals surface area contributed by atoms with E-state index in [9.17, 15) is 9.59 Å². The van der Waals surface area contributed by atoms with Crippen LogP contribution < -0.4 is 9.80 Å². The van der Waals surface area contributed by atoms with E-state index in [0.29, 0.717) is 37.8 Å². The highest BCUT2D eigenvalue weighted by Gasteiger charge is 2.26. The van der Waals surface area contributed by atoms with Gasteiger partial charge in [0.1, 0.15) is 0 Å². The van der Waals surface area contributed by atoms with Gasteiger partial charge in [0.25, 0.3) is 0 Å². The summed E-state index contributed by atoms with van der Waals surface area (Å²) in [7, 11) is 0. The summed E-state index contributed by atoms with van der Waals surface area (Å²) in [6.45, 7) is 1.03. The Morgan fingerprint density at radius 1 is 0.594 bits per heavy atom. The van der Waals surface area contributed by atoms with Crippen LogP contribution in [0.25, 0.3) is 0 Å². The molecule has 0 N–H and O–H groups in total. The number of benzene rings is 2. The van der Waals surface area contributed by atoms with Crippen LogP contribution in [-0.4, -0.2) is 24.9 Å². The molecule has 2 aromatic carbocycles. The molecule has 2 aromatic rings. The van der Waals surface area contributed by atoms with Crippen molar-refractivity contribution in [3.8, 4) is 0 Å². The highest BCUT2D eigenvalue weighted by Crippen LogP contribution is 2.30. The molecule has 4 rings (SSSR count). The van der Waals surface area contributed by atoms with Gasteiger partial charge in [-0.1, -0.05) is 62.1 Å². The number of nitrogens with zero attached hydrogens (tertiary/aromatic N) is 2. The minimum atomic E-state index is 0.180. The zero-order valence-electron chi connectivity index (χ0n) is 19.1. The fraction of sp³-hybridized carbons (Fsp3) is 0.500. The van der Waals surface area contributed by atoms with E-state index in [-0.39, 0.29) is 11.8 Å². The van der Waals surface area contributed by atoms with Crippen molar-refractivity contribution in [3.05, 3.63) is 60.7 Å². The van der Waals surface area contributed by atoms with Crippen LogP contribution in [0.2, 0.25) is 0 Å². The van der Waals surface area contributed by atoms with Gasteiger partial charge < -0.3 is 9.80 Å². The largest absolute Gasteiger partial charge is 0.311 e. The van der Waals surface area contributed by atoms with E-state index in [1.807, 2.05) is 70.5 Å². The first-order valence-electron chi connectivity index (χ1n) is 12.4. The van der Waals surface area contributed by atoms with Gasteiger partial charge in [0, 0.05) is 37.3 Å². The Morgan fingerprint density at radius 3 is 1.28 bits per heavy atom. The van der Waals surface area contributed by atoms with E-state index in [1.54, 1.807) is 0 Å². The lowest BCUT2D eigenvalue weighted by molar-refractivity contribution is -0.121. The number of amides is 2. The van der Waals surface area contributed by atoms with Crippen LogP contribution in [0.1, 0.15) is 64.2 Å². The molecule has 4 nitrogen and oxygen atoms in total. The molecule has 2 saturated carbocycles. The van der Waals surface area contributed by atoms with Crippen LogP contribution in [0.5, 0.6) is 0 Å². The fourth-order valence-corrected chi connectivity index (χ4v) is 5.35. The zero-order valence-corrected chi connectivity index (χ0v) is 19.1. The molecule has 0 spiro atoms. The lowest BCUT2D eigenvalue weighted by atomic mass is 10.0. The number of rotatable bonds is 9. The molecule has 2 aliphatic carbocycles. The smallest absolute Gasteiger partial charge is 0.227 e. The molecule has 2 amide bonds. The second kappa shape index (κ2) is 11.3. The Hall–Kier alpha value is -2.62. The van der Waals surface area contributed by atoms with Gasteiger partial charge in [-0.3, -0.25) is 9.59 Å². The van der Waals surface area contributed by atoms with Crippen molar-refractivity contribution in [2.24, 2.45) is 11.8 Å². The van der Waals surface area contributed by atoms with Crippen molar-refractivity contribution < 1.29 is 9.59 Å². The lowest BCUT2D eigenvalue weighted by Crippen LogP contribution is -2.42. The van der Waals surface area contributed by atoms with E-state index in [4.69, 9.17) is 0 Å². The van der Waals surface area contributed by atoms with E-state index in [0.717, 1.165) is 37.1 Å². The predicted octanol–water partition coefficient (Wildman–Crippen LogP) is 6.21. The number of hydrogen-bond acceptors (Lipinski definition) is 2. The van der Waals surface area contributed by atoms with Crippen LogP contribution >= 0.6 is 0 Å². The van der Waals surface area contributed by atoms with Gasteiger partial charge >= 0.3 is 0 Å². The summed E-state index contributed by atoms with van der Waals surface area (Å²) in [5.41, 5.74) is 1.85. The van der Waals surface area contributed by atoms with Gasteiger partial charge in [-0.15, -0.1) is 0 Å². The van der Waals surface area contributed by atoms with Crippen LogP contribution in [0.3, 0.4) is 0 Å². The first-order chi connectivity index (χ1) is 15.7. The molecule has 2 fully saturated rings. The Morgan fingerprint density at radius 2 is 0.938 bits per heavy atom. The molecule has 4 heteroatoms. The maximum absolute atomic E-state index is 13.3. The lowest BCUT2D eigenvalue weighted by Gasteiger charge is -2.29. The molecular formula is C28H36N2O2. The molecule has 0 radical (unpaired) electrons. The molecule has 170 valence electrons. The molecule has 0 heterocycles. The van der Waals surface area contributed by atoms with Gasteiger partial charge in [0.05, 0.1) is 0 Å². The van der Waals surface area contributed by atoms with Crippen molar-refractivity contribution in [2.45, 2.75) is 64.2 Å². The average molecular weight is 433 g/mol. The second-order valence-corrected chi connectivity index (χ2v) is 9.47. The van der Waals surface area contributed by atoms with E-state index in [2.05, 4.69) is 0 Å². The molecule has 0 saturated heterocycles. The first-order valence-corrected chi connectivity index (χ1v) is 12.4. The van der Waals surface area contributed by atoms with E-state index >= 15 is 0 Å². The van der Waals surface area contributed by atoms with Crippen molar-refractivity contribution in [1.82, 2.24) is 0 Å². The third-order valence-corrected chi connectivity index (χ3v) is 7.16. The fourth-order valence-electron chi connectivity index (χ4n) is 5.35. The molecule has 0 aliphatic heterocycles.